The number of aliphatic carboxylic acids is 4. The molecular weight excluding hydrogens is 536 g/mol. The molecular formula is C34H60O8. The van der Waals surface area contributed by atoms with Crippen LogP contribution in [0.25, 0.3) is 0 Å². The minimum absolute atomic E-state index is 0.216. The summed E-state index contributed by atoms with van der Waals surface area (Å²) in [4.78, 5) is 43.9. The summed E-state index contributed by atoms with van der Waals surface area (Å²) in [6, 6.07) is 0. The molecule has 244 valence electrons. The van der Waals surface area contributed by atoms with Crippen LogP contribution in [-0.2, 0) is 19.2 Å². The molecule has 0 spiro atoms. The number of hydrogen-bond donors (Lipinski definition) is 4. The zero-order valence-electron chi connectivity index (χ0n) is 26.4. The molecule has 1 saturated carbocycles. The van der Waals surface area contributed by atoms with Crippen LogP contribution in [0.4, 0.5) is 0 Å². The van der Waals surface area contributed by atoms with E-state index in [-0.39, 0.29) is 12.8 Å². The number of carboxylic acid groups (broad SMARTS) is 4. The summed E-state index contributed by atoms with van der Waals surface area (Å²) in [5.41, 5.74) is 0. The summed E-state index contributed by atoms with van der Waals surface area (Å²) in [5, 5.41) is 35.9. The highest BCUT2D eigenvalue weighted by Gasteiger charge is 2.36. The molecule has 1 aliphatic rings. The zero-order chi connectivity index (χ0) is 31.3. The summed E-state index contributed by atoms with van der Waals surface area (Å²) in [5.74, 6) is -4.20. The van der Waals surface area contributed by atoms with Crippen LogP contribution in [0.15, 0.2) is 0 Å². The van der Waals surface area contributed by atoms with E-state index in [0.29, 0.717) is 12.8 Å². The third-order valence-corrected chi connectivity index (χ3v) is 9.79. The Labute approximate surface area is 254 Å². The Morgan fingerprint density at radius 3 is 1.26 bits per heavy atom. The Morgan fingerprint density at radius 2 is 0.881 bits per heavy atom. The normalized spacial score (nSPS) is 20.7. The summed E-state index contributed by atoms with van der Waals surface area (Å²) in [6.45, 7) is 4.77. The highest BCUT2D eigenvalue weighted by molar-refractivity contribution is 5.93. The van der Waals surface area contributed by atoms with E-state index in [9.17, 15) is 19.2 Å². The van der Waals surface area contributed by atoms with Gasteiger partial charge in [0.1, 0.15) is 0 Å². The van der Waals surface area contributed by atoms with Crippen molar-refractivity contribution in [3.63, 3.8) is 0 Å². The van der Waals surface area contributed by atoms with Gasteiger partial charge < -0.3 is 20.4 Å². The lowest BCUT2D eigenvalue weighted by molar-refractivity contribution is -0.156. The van der Waals surface area contributed by atoms with Crippen molar-refractivity contribution in [2.45, 2.75) is 155 Å². The summed E-state index contributed by atoms with van der Waals surface area (Å²) in [7, 11) is 0. The number of carbonyl (C=O) groups is 4. The van der Waals surface area contributed by atoms with Crippen molar-refractivity contribution in [3.8, 4) is 0 Å². The number of unbranched alkanes of at least 4 members (excludes halogenated alkanes) is 12. The number of hydrogen-bond acceptors (Lipinski definition) is 4. The first-order valence-electron chi connectivity index (χ1n) is 17.0. The molecule has 0 aromatic rings. The first-order valence-corrected chi connectivity index (χ1v) is 17.0. The van der Waals surface area contributed by atoms with Gasteiger partial charge in [0.2, 0.25) is 0 Å². The van der Waals surface area contributed by atoms with Crippen LogP contribution in [0, 0.1) is 35.5 Å². The lowest BCUT2D eigenvalue weighted by Gasteiger charge is -2.43. The van der Waals surface area contributed by atoms with E-state index < -0.39 is 35.7 Å². The van der Waals surface area contributed by atoms with Crippen LogP contribution >= 0.6 is 0 Å². The van der Waals surface area contributed by atoms with Gasteiger partial charge in [0, 0.05) is 0 Å². The predicted molar refractivity (Wildman–Crippen MR) is 164 cm³/mol. The highest BCUT2D eigenvalue weighted by atomic mass is 16.4. The van der Waals surface area contributed by atoms with Crippen LogP contribution in [0.1, 0.15) is 155 Å². The molecule has 0 saturated heterocycles. The van der Waals surface area contributed by atoms with Crippen LogP contribution in [0.5, 0.6) is 0 Å². The van der Waals surface area contributed by atoms with Gasteiger partial charge >= 0.3 is 23.9 Å². The highest BCUT2D eigenvalue weighted by Crippen LogP contribution is 2.45. The molecule has 8 nitrogen and oxygen atoms in total. The van der Waals surface area contributed by atoms with Gasteiger partial charge in [-0.1, -0.05) is 123 Å². The fraction of sp³-hybridized carbons (Fsp3) is 0.882. The van der Waals surface area contributed by atoms with E-state index in [4.69, 9.17) is 20.4 Å². The topological polar surface area (TPSA) is 149 Å². The second-order valence-electron chi connectivity index (χ2n) is 13.0. The second kappa shape index (κ2) is 22.4. The standard InChI is InChI=1S/C34H60O8/c1-3-18-26-24-23-25(2)27(19-14-10-6-4-8-12-16-21-29(31(35)36)32(37)38)28(26)20-15-11-7-5-9-13-17-22-30(33(39)40)34(41)42/h25-30H,3-24H2,1-2H3,(H,35,36)(H,37,38)(H,39,40)(H,41,42). The summed E-state index contributed by atoms with van der Waals surface area (Å²) in [6.07, 6.45) is 23.3. The molecule has 0 amide bonds. The maximum absolute atomic E-state index is 11.0. The van der Waals surface area contributed by atoms with Gasteiger partial charge in [-0.25, -0.2) is 0 Å². The smallest absolute Gasteiger partial charge is 0.317 e. The largest absolute Gasteiger partial charge is 0.481 e. The van der Waals surface area contributed by atoms with Crippen LogP contribution in [0.2, 0.25) is 0 Å². The molecule has 1 aliphatic carbocycles. The van der Waals surface area contributed by atoms with E-state index in [1.54, 1.807) is 0 Å². The molecule has 0 radical (unpaired) electrons. The van der Waals surface area contributed by atoms with Crippen molar-refractivity contribution >= 4 is 23.9 Å². The molecule has 1 rings (SSSR count). The van der Waals surface area contributed by atoms with E-state index >= 15 is 0 Å². The maximum Gasteiger partial charge on any atom is 0.317 e. The average molecular weight is 597 g/mol. The third-order valence-electron chi connectivity index (χ3n) is 9.79. The Kier molecular flexibility index (Phi) is 20.2. The molecule has 0 aromatic carbocycles. The Bertz CT molecular complexity index is 754. The van der Waals surface area contributed by atoms with Crippen molar-refractivity contribution in [3.05, 3.63) is 0 Å². The SMILES string of the molecule is CCCC1CCC(C)C(CCCCCCCCCC(C(=O)O)C(=O)O)C1CCCCCCCCCC(C(=O)O)C(=O)O. The van der Waals surface area contributed by atoms with Crippen LogP contribution in [-0.4, -0.2) is 44.3 Å². The molecule has 4 N–H and O–H groups in total. The second-order valence-corrected chi connectivity index (χ2v) is 13.0. The first-order chi connectivity index (χ1) is 20.1. The molecule has 0 aliphatic heterocycles. The minimum atomic E-state index is -1.27. The Hall–Kier alpha value is -2.12. The van der Waals surface area contributed by atoms with Gasteiger partial charge in [-0.3, -0.25) is 19.2 Å². The van der Waals surface area contributed by atoms with Gasteiger partial charge in [0.25, 0.3) is 0 Å². The molecule has 0 aromatic heterocycles. The lowest BCUT2D eigenvalue weighted by atomic mass is 9.63. The van der Waals surface area contributed by atoms with Gasteiger partial charge in [-0.15, -0.1) is 0 Å². The van der Waals surface area contributed by atoms with Gasteiger partial charge in [0.15, 0.2) is 11.8 Å². The van der Waals surface area contributed by atoms with E-state index in [1.807, 2.05) is 0 Å². The number of carboxylic acids is 4. The van der Waals surface area contributed by atoms with Gasteiger partial charge in [0.05, 0.1) is 0 Å². The molecule has 0 heterocycles. The van der Waals surface area contributed by atoms with Crippen molar-refractivity contribution in [1.29, 1.82) is 0 Å². The van der Waals surface area contributed by atoms with E-state index in [1.165, 1.54) is 77.0 Å². The minimum Gasteiger partial charge on any atom is -0.481 e. The Morgan fingerprint density at radius 1 is 0.524 bits per heavy atom. The number of rotatable bonds is 26. The first kappa shape index (κ1) is 37.9. The zero-order valence-corrected chi connectivity index (χ0v) is 26.4. The molecule has 8 heteroatoms. The van der Waals surface area contributed by atoms with Crippen LogP contribution < -0.4 is 0 Å². The average Bonchev–Trinajstić information content (AvgIpc) is 2.92. The summed E-state index contributed by atoms with van der Waals surface area (Å²) < 4.78 is 0. The maximum atomic E-state index is 11.0. The van der Waals surface area contributed by atoms with Crippen molar-refractivity contribution in [2.75, 3.05) is 0 Å². The van der Waals surface area contributed by atoms with Crippen molar-refractivity contribution < 1.29 is 39.6 Å². The van der Waals surface area contributed by atoms with Crippen molar-refractivity contribution in [1.82, 2.24) is 0 Å². The van der Waals surface area contributed by atoms with Crippen molar-refractivity contribution in [2.24, 2.45) is 35.5 Å². The lowest BCUT2D eigenvalue weighted by Crippen LogP contribution is -2.33. The fourth-order valence-corrected chi connectivity index (χ4v) is 7.28. The molecule has 4 atom stereocenters. The summed E-state index contributed by atoms with van der Waals surface area (Å²) >= 11 is 0. The molecule has 0 bridgehead atoms. The van der Waals surface area contributed by atoms with E-state index in [2.05, 4.69) is 13.8 Å². The Balaban J connectivity index is 2.30. The molecule has 1 fully saturated rings. The monoisotopic (exact) mass is 596 g/mol. The molecule has 42 heavy (non-hydrogen) atoms. The molecule has 4 unspecified atom stereocenters. The third kappa shape index (κ3) is 15.4. The predicted octanol–water partition coefficient (Wildman–Crippen LogP) is 8.66. The fourth-order valence-electron chi connectivity index (χ4n) is 7.28. The van der Waals surface area contributed by atoms with Crippen LogP contribution in [0.3, 0.4) is 0 Å². The van der Waals surface area contributed by atoms with Gasteiger partial charge in [-0.2, -0.15) is 0 Å². The van der Waals surface area contributed by atoms with Gasteiger partial charge in [-0.05, 0) is 55.8 Å². The van der Waals surface area contributed by atoms with E-state index in [0.717, 1.165) is 62.2 Å². The quantitative estimate of drug-likeness (QED) is 0.0572.